The van der Waals surface area contributed by atoms with Crippen LogP contribution in [-0.4, -0.2) is 32.1 Å². The van der Waals surface area contributed by atoms with Crippen LogP contribution in [0.5, 0.6) is 5.75 Å². The number of likely N-dealkylation sites (N-methyl/N-ethyl adjacent to an activating group) is 1. The van der Waals surface area contributed by atoms with E-state index in [1.54, 1.807) is 0 Å². The van der Waals surface area contributed by atoms with Gasteiger partial charge in [-0.25, -0.2) is 0 Å². The second-order valence-electron chi connectivity index (χ2n) is 6.15. The van der Waals surface area contributed by atoms with E-state index in [1.165, 1.54) is 27.8 Å². The standard InChI is InChI=1S/C19H24N2O/c1-4-13-5-7-15-16-8-6-14(22-10-9-21(2)3)12-18(16)19(20)17(15)11-13/h5-8,11-12,19H,4,9-10,20H2,1-3H3. The number of rotatable bonds is 5. The van der Waals surface area contributed by atoms with Crippen molar-refractivity contribution in [2.75, 3.05) is 27.2 Å². The Labute approximate surface area is 132 Å². The topological polar surface area (TPSA) is 38.5 Å². The molecule has 0 fully saturated rings. The van der Waals surface area contributed by atoms with Gasteiger partial charge in [-0.2, -0.15) is 0 Å². The average molecular weight is 296 g/mol. The summed E-state index contributed by atoms with van der Waals surface area (Å²) in [6.45, 7) is 3.77. The monoisotopic (exact) mass is 296 g/mol. The van der Waals surface area contributed by atoms with E-state index in [1.807, 2.05) is 20.2 Å². The largest absolute Gasteiger partial charge is 0.492 e. The number of nitrogens with zero attached hydrogens (tertiary/aromatic N) is 1. The first-order valence-corrected chi connectivity index (χ1v) is 7.90. The zero-order valence-electron chi connectivity index (χ0n) is 13.6. The summed E-state index contributed by atoms with van der Waals surface area (Å²) in [7, 11) is 4.09. The summed E-state index contributed by atoms with van der Waals surface area (Å²) < 4.78 is 5.84. The quantitative estimate of drug-likeness (QED) is 0.920. The van der Waals surface area contributed by atoms with Gasteiger partial charge in [0.2, 0.25) is 0 Å². The Balaban J connectivity index is 1.86. The Bertz CT molecular complexity index is 679. The van der Waals surface area contributed by atoms with Crippen LogP contribution in [0.4, 0.5) is 0 Å². The van der Waals surface area contributed by atoms with Crippen molar-refractivity contribution in [1.29, 1.82) is 0 Å². The minimum Gasteiger partial charge on any atom is -0.492 e. The van der Waals surface area contributed by atoms with Gasteiger partial charge in [-0.15, -0.1) is 0 Å². The predicted octanol–water partition coefficient (Wildman–Crippen LogP) is 3.22. The molecular weight excluding hydrogens is 272 g/mol. The predicted molar refractivity (Wildman–Crippen MR) is 91.3 cm³/mol. The van der Waals surface area contributed by atoms with Crippen LogP contribution in [0.3, 0.4) is 0 Å². The van der Waals surface area contributed by atoms with E-state index in [0.29, 0.717) is 6.61 Å². The van der Waals surface area contributed by atoms with Crippen molar-refractivity contribution in [2.45, 2.75) is 19.4 Å². The lowest BCUT2D eigenvalue weighted by Gasteiger charge is -2.13. The van der Waals surface area contributed by atoms with Crippen LogP contribution in [0.25, 0.3) is 11.1 Å². The maximum absolute atomic E-state index is 6.46. The van der Waals surface area contributed by atoms with E-state index < -0.39 is 0 Å². The molecule has 0 aromatic heterocycles. The molecule has 0 bridgehead atoms. The third kappa shape index (κ3) is 2.74. The van der Waals surface area contributed by atoms with E-state index >= 15 is 0 Å². The van der Waals surface area contributed by atoms with E-state index in [9.17, 15) is 0 Å². The second kappa shape index (κ2) is 6.11. The van der Waals surface area contributed by atoms with Crippen molar-refractivity contribution in [3.05, 3.63) is 53.1 Å². The maximum atomic E-state index is 6.46. The summed E-state index contributed by atoms with van der Waals surface area (Å²) in [5.41, 5.74) is 12.7. The molecule has 3 heteroatoms. The molecule has 2 aromatic carbocycles. The highest BCUT2D eigenvalue weighted by Gasteiger charge is 2.26. The molecule has 116 valence electrons. The van der Waals surface area contributed by atoms with Gasteiger partial charge in [0.1, 0.15) is 12.4 Å². The molecule has 2 aromatic rings. The van der Waals surface area contributed by atoms with E-state index in [-0.39, 0.29) is 6.04 Å². The summed E-state index contributed by atoms with van der Waals surface area (Å²) in [5.74, 6) is 0.902. The molecule has 3 nitrogen and oxygen atoms in total. The Morgan fingerprint density at radius 3 is 2.41 bits per heavy atom. The highest BCUT2D eigenvalue weighted by atomic mass is 16.5. The molecule has 2 N–H and O–H groups in total. The lowest BCUT2D eigenvalue weighted by molar-refractivity contribution is 0.261. The minimum atomic E-state index is -0.0473. The van der Waals surface area contributed by atoms with Gasteiger partial charge in [0.25, 0.3) is 0 Å². The van der Waals surface area contributed by atoms with Crippen molar-refractivity contribution in [2.24, 2.45) is 5.73 Å². The molecule has 1 unspecified atom stereocenters. The van der Waals surface area contributed by atoms with Crippen LogP contribution in [0.1, 0.15) is 29.7 Å². The fourth-order valence-electron chi connectivity index (χ4n) is 2.98. The minimum absolute atomic E-state index is 0.0473. The van der Waals surface area contributed by atoms with Gasteiger partial charge in [0.05, 0.1) is 6.04 Å². The molecule has 0 aliphatic heterocycles. The zero-order chi connectivity index (χ0) is 15.7. The summed E-state index contributed by atoms with van der Waals surface area (Å²) in [6.07, 6.45) is 1.04. The lowest BCUT2D eigenvalue weighted by atomic mass is 10.0. The Kier molecular flexibility index (Phi) is 4.19. The molecule has 0 spiro atoms. The number of hydrogen-bond donors (Lipinski definition) is 1. The number of fused-ring (bicyclic) bond motifs is 3. The molecule has 22 heavy (non-hydrogen) atoms. The van der Waals surface area contributed by atoms with Gasteiger partial charge < -0.3 is 15.4 Å². The fourth-order valence-corrected chi connectivity index (χ4v) is 2.98. The Morgan fingerprint density at radius 2 is 1.73 bits per heavy atom. The highest BCUT2D eigenvalue weighted by molar-refractivity contribution is 5.79. The Morgan fingerprint density at radius 1 is 1.05 bits per heavy atom. The molecule has 1 aliphatic carbocycles. The summed E-state index contributed by atoms with van der Waals surface area (Å²) in [5, 5.41) is 0. The van der Waals surface area contributed by atoms with Crippen molar-refractivity contribution >= 4 is 0 Å². The van der Waals surface area contributed by atoms with Crippen LogP contribution >= 0.6 is 0 Å². The highest BCUT2D eigenvalue weighted by Crippen LogP contribution is 2.43. The van der Waals surface area contributed by atoms with Crippen LogP contribution in [-0.2, 0) is 6.42 Å². The molecule has 1 aliphatic rings. The lowest BCUT2D eigenvalue weighted by Crippen LogP contribution is -2.19. The SMILES string of the molecule is CCc1ccc2c(c1)C(N)c1cc(OCCN(C)C)ccc1-2. The summed E-state index contributed by atoms with van der Waals surface area (Å²) in [6, 6.07) is 12.9. The maximum Gasteiger partial charge on any atom is 0.119 e. The van der Waals surface area contributed by atoms with Crippen LogP contribution < -0.4 is 10.5 Å². The molecular formula is C19H24N2O. The van der Waals surface area contributed by atoms with Gasteiger partial charge in [-0.1, -0.05) is 31.2 Å². The zero-order valence-corrected chi connectivity index (χ0v) is 13.6. The number of ether oxygens (including phenoxy) is 1. The average Bonchev–Trinajstić information content (AvgIpc) is 2.79. The van der Waals surface area contributed by atoms with Crippen LogP contribution in [0, 0.1) is 0 Å². The van der Waals surface area contributed by atoms with Gasteiger partial charge in [0, 0.05) is 6.54 Å². The number of nitrogens with two attached hydrogens (primary N) is 1. The normalized spacial score (nSPS) is 15.8. The van der Waals surface area contributed by atoms with Gasteiger partial charge >= 0.3 is 0 Å². The van der Waals surface area contributed by atoms with Gasteiger partial charge in [0.15, 0.2) is 0 Å². The third-order valence-electron chi connectivity index (χ3n) is 4.31. The van der Waals surface area contributed by atoms with Gasteiger partial charge in [-0.05, 0) is 60.5 Å². The van der Waals surface area contributed by atoms with Crippen molar-refractivity contribution in [1.82, 2.24) is 4.90 Å². The van der Waals surface area contributed by atoms with Crippen molar-refractivity contribution in [3.8, 4) is 16.9 Å². The van der Waals surface area contributed by atoms with Gasteiger partial charge in [-0.3, -0.25) is 0 Å². The first-order chi connectivity index (χ1) is 10.6. The van der Waals surface area contributed by atoms with E-state index in [0.717, 1.165) is 18.7 Å². The molecule has 0 heterocycles. The smallest absolute Gasteiger partial charge is 0.119 e. The first-order valence-electron chi connectivity index (χ1n) is 7.90. The van der Waals surface area contributed by atoms with E-state index in [4.69, 9.17) is 10.5 Å². The fraction of sp³-hybridized carbons (Fsp3) is 0.368. The molecule has 0 saturated carbocycles. The number of benzene rings is 2. The molecule has 0 amide bonds. The third-order valence-corrected chi connectivity index (χ3v) is 4.31. The first kappa shape index (κ1) is 15.1. The Hall–Kier alpha value is -1.84. The van der Waals surface area contributed by atoms with Crippen LogP contribution in [0.15, 0.2) is 36.4 Å². The molecule has 1 atom stereocenters. The van der Waals surface area contributed by atoms with Crippen molar-refractivity contribution < 1.29 is 4.74 Å². The molecule has 0 radical (unpaired) electrons. The summed E-state index contributed by atoms with van der Waals surface area (Å²) >= 11 is 0. The van der Waals surface area contributed by atoms with E-state index in [2.05, 4.69) is 42.2 Å². The van der Waals surface area contributed by atoms with Crippen LogP contribution in [0.2, 0.25) is 0 Å². The van der Waals surface area contributed by atoms with Crippen molar-refractivity contribution in [3.63, 3.8) is 0 Å². The molecule has 0 saturated heterocycles. The molecule has 3 rings (SSSR count). The summed E-state index contributed by atoms with van der Waals surface area (Å²) in [4.78, 5) is 2.11. The number of hydrogen-bond acceptors (Lipinski definition) is 3. The number of aryl methyl sites for hydroxylation is 1. The second-order valence-corrected chi connectivity index (χ2v) is 6.15.